The van der Waals surface area contributed by atoms with Gasteiger partial charge in [0, 0.05) is 19.3 Å². The number of hydrogen-bond acceptors (Lipinski definition) is 3. The van der Waals surface area contributed by atoms with Crippen LogP contribution in [0.25, 0.3) is 0 Å². The van der Waals surface area contributed by atoms with E-state index in [0.717, 1.165) is 23.8 Å². The predicted octanol–water partition coefficient (Wildman–Crippen LogP) is 2.17. The fourth-order valence-corrected chi connectivity index (χ4v) is 1.60. The SMILES string of the molecule is Cc1ccc(CNC(C)c2ccn(C)n2)o1. The van der Waals surface area contributed by atoms with Gasteiger partial charge in [-0.05, 0) is 32.0 Å². The number of nitrogens with one attached hydrogen (secondary N) is 1. The molecule has 0 spiro atoms. The normalized spacial score (nSPS) is 12.9. The first-order chi connectivity index (χ1) is 7.65. The predicted molar refractivity (Wildman–Crippen MR) is 61.9 cm³/mol. The highest BCUT2D eigenvalue weighted by Gasteiger charge is 2.08. The quantitative estimate of drug-likeness (QED) is 0.857. The van der Waals surface area contributed by atoms with Crippen molar-refractivity contribution < 1.29 is 4.42 Å². The molecule has 2 aromatic heterocycles. The molecule has 0 aliphatic carbocycles. The molecule has 0 amide bonds. The van der Waals surface area contributed by atoms with Gasteiger partial charge in [-0.3, -0.25) is 4.68 Å². The molecule has 2 rings (SSSR count). The first-order valence-corrected chi connectivity index (χ1v) is 5.43. The van der Waals surface area contributed by atoms with Crippen LogP contribution < -0.4 is 5.32 Å². The van der Waals surface area contributed by atoms with Crippen LogP contribution in [-0.2, 0) is 13.6 Å². The fraction of sp³-hybridized carbons (Fsp3) is 0.417. The van der Waals surface area contributed by atoms with E-state index in [2.05, 4.69) is 17.3 Å². The van der Waals surface area contributed by atoms with Crippen LogP contribution >= 0.6 is 0 Å². The Morgan fingerprint density at radius 2 is 2.25 bits per heavy atom. The summed E-state index contributed by atoms with van der Waals surface area (Å²) in [5.74, 6) is 1.91. The van der Waals surface area contributed by atoms with Crippen molar-refractivity contribution in [3.63, 3.8) is 0 Å². The smallest absolute Gasteiger partial charge is 0.117 e. The highest BCUT2D eigenvalue weighted by atomic mass is 16.3. The Kier molecular flexibility index (Phi) is 3.10. The van der Waals surface area contributed by atoms with Crippen LogP contribution in [0, 0.1) is 6.92 Å². The molecule has 2 aromatic rings. The van der Waals surface area contributed by atoms with Gasteiger partial charge in [-0.25, -0.2) is 0 Å². The molecule has 0 radical (unpaired) electrons. The molecule has 4 nitrogen and oxygen atoms in total. The van der Waals surface area contributed by atoms with Crippen molar-refractivity contribution in [1.29, 1.82) is 0 Å². The Bertz CT molecular complexity index is 458. The van der Waals surface area contributed by atoms with E-state index >= 15 is 0 Å². The highest BCUT2D eigenvalue weighted by Crippen LogP contribution is 2.11. The molecule has 86 valence electrons. The molecule has 0 fully saturated rings. The van der Waals surface area contributed by atoms with Gasteiger partial charge in [0.05, 0.1) is 12.2 Å². The lowest BCUT2D eigenvalue weighted by atomic mass is 10.2. The Morgan fingerprint density at radius 1 is 1.44 bits per heavy atom. The van der Waals surface area contributed by atoms with Crippen molar-refractivity contribution in [2.24, 2.45) is 7.05 Å². The largest absolute Gasteiger partial charge is 0.465 e. The fourth-order valence-electron chi connectivity index (χ4n) is 1.60. The maximum absolute atomic E-state index is 5.49. The van der Waals surface area contributed by atoms with E-state index in [1.165, 1.54) is 0 Å². The lowest BCUT2D eigenvalue weighted by Gasteiger charge is -2.09. The summed E-state index contributed by atoms with van der Waals surface area (Å²) in [6, 6.07) is 6.22. The van der Waals surface area contributed by atoms with E-state index < -0.39 is 0 Å². The summed E-state index contributed by atoms with van der Waals surface area (Å²) >= 11 is 0. The van der Waals surface area contributed by atoms with Gasteiger partial charge in [0.25, 0.3) is 0 Å². The second-order valence-corrected chi connectivity index (χ2v) is 4.03. The molecule has 0 aliphatic rings. The van der Waals surface area contributed by atoms with Crippen LogP contribution in [-0.4, -0.2) is 9.78 Å². The summed E-state index contributed by atoms with van der Waals surface area (Å²) in [7, 11) is 1.92. The van der Waals surface area contributed by atoms with Gasteiger partial charge in [-0.15, -0.1) is 0 Å². The minimum Gasteiger partial charge on any atom is -0.465 e. The molecular weight excluding hydrogens is 202 g/mol. The lowest BCUT2D eigenvalue weighted by Crippen LogP contribution is -2.18. The molecule has 2 heterocycles. The second kappa shape index (κ2) is 4.53. The monoisotopic (exact) mass is 219 g/mol. The Labute approximate surface area is 95.3 Å². The van der Waals surface area contributed by atoms with Crippen LogP contribution in [0.1, 0.15) is 30.2 Å². The first-order valence-electron chi connectivity index (χ1n) is 5.43. The van der Waals surface area contributed by atoms with Gasteiger partial charge in [-0.2, -0.15) is 5.10 Å². The first kappa shape index (κ1) is 11.0. The number of aryl methyl sites for hydroxylation is 2. The molecule has 16 heavy (non-hydrogen) atoms. The Morgan fingerprint density at radius 3 is 2.81 bits per heavy atom. The number of rotatable bonds is 4. The van der Waals surface area contributed by atoms with Crippen molar-refractivity contribution in [1.82, 2.24) is 15.1 Å². The lowest BCUT2D eigenvalue weighted by molar-refractivity contribution is 0.440. The maximum atomic E-state index is 5.49. The van der Waals surface area contributed by atoms with Crippen molar-refractivity contribution >= 4 is 0 Å². The average molecular weight is 219 g/mol. The standard InChI is InChI=1S/C12H17N3O/c1-9-4-5-11(16-9)8-13-10(2)12-6-7-15(3)14-12/h4-7,10,13H,8H2,1-3H3. The summed E-state index contributed by atoms with van der Waals surface area (Å²) in [6.45, 7) is 4.77. The third-order valence-electron chi connectivity index (χ3n) is 2.56. The van der Waals surface area contributed by atoms with Gasteiger partial charge < -0.3 is 9.73 Å². The molecule has 0 aromatic carbocycles. The van der Waals surface area contributed by atoms with E-state index in [1.807, 2.05) is 43.0 Å². The van der Waals surface area contributed by atoms with Crippen LogP contribution in [0.5, 0.6) is 0 Å². The summed E-state index contributed by atoms with van der Waals surface area (Å²) in [5, 5.41) is 7.72. The van der Waals surface area contributed by atoms with Crippen LogP contribution in [0.4, 0.5) is 0 Å². The zero-order chi connectivity index (χ0) is 11.5. The van der Waals surface area contributed by atoms with Gasteiger partial charge >= 0.3 is 0 Å². The van der Waals surface area contributed by atoms with Gasteiger partial charge in [0.1, 0.15) is 11.5 Å². The van der Waals surface area contributed by atoms with E-state index in [1.54, 1.807) is 0 Å². The third-order valence-corrected chi connectivity index (χ3v) is 2.56. The molecule has 1 N–H and O–H groups in total. The van der Waals surface area contributed by atoms with Crippen molar-refractivity contribution in [2.45, 2.75) is 26.4 Å². The Balaban J connectivity index is 1.91. The zero-order valence-corrected chi connectivity index (χ0v) is 9.90. The highest BCUT2D eigenvalue weighted by molar-refractivity contribution is 5.07. The summed E-state index contributed by atoms with van der Waals surface area (Å²) in [4.78, 5) is 0. The van der Waals surface area contributed by atoms with E-state index in [9.17, 15) is 0 Å². The Hall–Kier alpha value is -1.55. The van der Waals surface area contributed by atoms with E-state index in [-0.39, 0.29) is 6.04 Å². The van der Waals surface area contributed by atoms with Crippen LogP contribution in [0.2, 0.25) is 0 Å². The topological polar surface area (TPSA) is 43.0 Å². The molecule has 0 aliphatic heterocycles. The maximum Gasteiger partial charge on any atom is 0.117 e. The van der Waals surface area contributed by atoms with Crippen LogP contribution in [0.15, 0.2) is 28.8 Å². The molecule has 0 bridgehead atoms. The number of hydrogen-bond donors (Lipinski definition) is 1. The summed E-state index contributed by atoms with van der Waals surface area (Å²) < 4.78 is 7.30. The minimum atomic E-state index is 0.228. The average Bonchev–Trinajstić information content (AvgIpc) is 2.84. The number of aromatic nitrogens is 2. The molecule has 0 saturated heterocycles. The van der Waals surface area contributed by atoms with Gasteiger partial charge in [0.15, 0.2) is 0 Å². The second-order valence-electron chi connectivity index (χ2n) is 4.03. The third kappa shape index (κ3) is 2.52. The van der Waals surface area contributed by atoms with Crippen molar-refractivity contribution in [3.05, 3.63) is 41.6 Å². The van der Waals surface area contributed by atoms with E-state index in [4.69, 9.17) is 4.42 Å². The zero-order valence-electron chi connectivity index (χ0n) is 9.90. The molecule has 0 saturated carbocycles. The summed E-state index contributed by atoms with van der Waals surface area (Å²) in [6.07, 6.45) is 1.95. The molecular formula is C12H17N3O. The minimum absolute atomic E-state index is 0.228. The number of nitrogens with zero attached hydrogens (tertiary/aromatic N) is 2. The molecule has 1 atom stereocenters. The van der Waals surface area contributed by atoms with Gasteiger partial charge in [-0.1, -0.05) is 0 Å². The van der Waals surface area contributed by atoms with Crippen molar-refractivity contribution in [3.8, 4) is 0 Å². The van der Waals surface area contributed by atoms with Crippen molar-refractivity contribution in [2.75, 3.05) is 0 Å². The van der Waals surface area contributed by atoms with E-state index in [0.29, 0.717) is 0 Å². The summed E-state index contributed by atoms with van der Waals surface area (Å²) in [5.41, 5.74) is 1.05. The van der Waals surface area contributed by atoms with Crippen LogP contribution in [0.3, 0.4) is 0 Å². The van der Waals surface area contributed by atoms with Gasteiger partial charge in [0.2, 0.25) is 0 Å². The molecule has 4 heteroatoms. The number of furan rings is 1. The molecule has 1 unspecified atom stereocenters.